The molecule has 0 atom stereocenters. The van der Waals surface area contributed by atoms with Crippen LogP contribution >= 0.6 is 11.6 Å². The molecular formula is C22H15ClN4O. The topological polar surface area (TPSA) is 52.3 Å². The van der Waals surface area contributed by atoms with Gasteiger partial charge in [0.25, 0.3) is 0 Å². The van der Waals surface area contributed by atoms with Gasteiger partial charge in [0, 0.05) is 16.0 Å². The number of aromatic nitrogens is 4. The van der Waals surface area contributed by atoms with Gasteiger partial charge in [0.05, 0.1) is 5.52 Å². The Balaban J connectivity index is 1.46. The minimum atomic E-state index is 0.437. The first-order valence-electron chi connectivity index (χ1n) is 8.84. The summed E-state index contributed by atoms with van der Waals surface area (Å²) in [6.07, 6.45) is 1.69. The minimum absolute atomic E-state index is 0.437. The molecule has 5 nitrogen and oxygen atoms in total. The van der Waals surface area contributed by atoms with Crippen molar-refractivity contribution in [2.24, 2.45) is 0 Å². The largest absolute Gasteiger partial charge is 0.489 e. The molecule has 2 aromatic heterocycles. The van der Waals surface area contributed by atoms with Crippen LogP contribution in [0.3, 0.4) is 0 Å². The van der Waals surface area contributed by atoms with Crippen molar-refractivity contribution in [3.05, 3.63) is 89.7 Å². The third-order valence-electron chi connectivity index (χ3n) is 4.47. The average molecular weight is 387 g/mol. The highest BCUT2D eigenvalue weighted by Gasteiger charge is 2.10. The van der Waals surface area contributed by atoms with E-state index in [0.29, 0.717) is 17.5 Å². The third-order valence-corrected chi connectivity index (χ3v) is 4.70. The standard InChI is InChI=1S/C22H15ClN4O/c23-17-7-4-8-18(12-17)28-13-15-5-3-6-16(11-15)21-25-22-19-9-1-2-10-20(19)24-14-27(22)26-21/h1-12,14H,13H2. The predicted octanol–water partition coefficient (Wildman–Crippen LogP) is 5.18. The molecule has 6 heteroatoms. The van der Waals surface area contributed by atoms with E-state index in [1.54, 1.807) is 16.9 Å². The van der Waals surface area contributed by atoms with Crippen molar-refractivity contribution in [2.75, 3.05) is 0 Å². The summed E-state index contributed by atoms with van der Waals surface area (Å²) in [6, 6.07) is 23.3. The molecule has 0 radical (unpaired) electrons. The number of hydrogen-bond acceptors (Lipinski definition) is 4. The lowest BCUT2D eigenvalue weighted by molar-refractivity contribution is 0.306. The predicted molar refractivity (Wildman–Crippen MR) is 110 cm³/mol. The Bertz CT molecular complexity index is 1300. The van der Waals surface area contributed by atoms with Gasteiger partial charge < -0.3 is 4.74 Å². The highest BCUT2D eigenvalue weighted by Crippen LogP contribution is 2.23. The molecule has 0 aliphatic rings. The Morgan fingerprint density at radius 1 is 0.929 bits per heavy atom. The van der Waals surface area contributed by atoms with Crippen molar-refractivity contribution in [1.82, 2.24) is 19.6 Å². The fourth-order valence-corrected chi connectivity index (χ4v) is 3.31. The van der Waals surface area contributed by atoms with Gasteiger partial charge in [-0.1, -0.05) is 48.0 Å². The zero-order valence-corrected chi connectivity index (χ0v) is 15.5. The summed E-state index contributed by atoms with van der Waals surface area (Å²) in [5.41, 5.74) is 3.65. The van der Waals surface area contributed by atoms with E-state index in [-0.39, 0.29) is 0 Å². The molecule has 0 N–H and O–H groups in total. The van der Waals surface area contributed by atoms with Crippen LogP contribution in [0.2, 0.25) is 5.02 Å². The molecule has 136 valence electrons. The Labute approximate surface area is 166 Å². The van der Waals surface area contributed by atoms with Crippen molar-refractivity contribution < 1.29 is 4.74 Å². The molecule has 0 saturated carbocycles. The van der Waals surface area contributed by atoms with E-state index in [0.717, 1.165) is 33.4 Å². The summed E-state index contributed by atoms with van der Waals surface area (Å²) in [6.45, 7) is 0.437. The lowest BCUT2D eigenvalue weighted by Gasteiger charge is -2.07. The van der Waals surface area contributed by atoms with Crippen LogP contribution in [0.4, 0.5) is 0 Å². The summed E-state index contributed by atoms with van der Waals surface area (Å²) in [4.78, 5) is 9.17. The van der Waals surface area contributed by atoms with Crippen LogP contribution in [0.25, 0.3) is 27.9 Å². The number of halogens is 1. The summed E-state index contributed by atoms with van der Waals surface area (Å²) in [5.74, 6) is 1.39. The Kier molecular flexibility index (Phi) is 4.14. The number of ether oxygens (including phenoxy) is 1. The van der Waals surface area contributed by atoms with Crippen LogP contribution in [-0.4, -0.2) is 19.6 Å². The Morgan fingerprint density at radius 2 is 1.82 bits per heavy atom. The molecule has 0 unspecified atom stereocenters. The second-order valence-electron chi connectivity index (χ2n) is 6.41. The zero-order chi connectivity index (χ0) is 18.9. The number of benzene rings is 3. The summed E-state index contributed by atoms with van der Waals surface area (Å²) in [7, 11) is 0. The summed E-state index contributed by atoms with van der Waals surface area (Å²) in [5, 5.41) is 6.22. The molecule has 0 bridgehead atoms. The molecule has 0 amide bonds. The van der Waals surface area contributed by atoms with Crippen molar-refractivity contribution >= 4 is 28.2 Å². The molecule has 0 aliphatic heterocycles. The van der Waals surface area contributed by atoms with Gasteiger partial charge in [-0.2, -0.15) is 0 Å². The van der Waals surface area contributed by atoms with Gasteiger partial charge in [-0.3, -0.25) is 0 Å². The summed E-state index contributed by atoms with van der Waals surface area (Å²) < 4.78 is 7.55. The number of rotatable bonds is 4. The van der Waals surface area contributed by atoms with Gasteiger partial charge in [-0.05, 0) is 42.0 Å². The van der Waals surface area contributed by atoms with E-state index in [4.69, 9.17) is 21.3 Å². The second kappa shape index (κ2) is 6.94. The highest BCUT2D eigenvalue weighted by atomic mass is 35.5. The molecule has 0 aliphatic carbocycles. The number of fused-ring (bicyclic) bond motifs is 3. The fraction of sp³-hybridized carbons (Fsp3) is 0.0455. The van der Waals surface area contributed by atoms with Gasteiger partial charge in [0.15, 0.2) is 11.5 Å². The van der Waals surface area contributed by atoms with Crippen LogP contribution in [0.5, 0.6) is 5.75 Å². The van der Waals surface area contributed by atoms with Crippen LogP contribution in [-0.2, 0) is 6.61 Å². The van der Waals surface area contributed by atoms with E-state index < -0.39 is 0 Å². The monoisotopic (exact) mass is 386 g/mol. The normalized spacial score (nSPS) is 11.2. The summed E-state index contributed by atoms with van der Waals surface area (Å²) >= 11 is 6.01. The molecule has 3 aromatic carbocycles. The zero-order valence-electron chi connectivity index (χ0n) is 14.8. The third kappa shape index (κ3) is 3.17. The highest BCUT2D eigenvalue weighted by molar-refractivity contribution is 6.30. The van der Waals surface area contributed by atoms with Gasteiger partial charge in [-0.25, -0.2) is 14.5 Å². The van der Waals surface area contributed by atoms with Crippen molar-refractivity contribution in [3.63, 3.8) is 0 Å². The van der Waals surface area contributed by atoms with Crippen LogP contribution in [0, 0.1) is 0 Å². The smallest absolute Gasteiger partial charge is 0.182 e. The Hall–Kier alpha value is -3.44. The van der Waals surface area contributed by atoms with Gasteiger partial charge in [-0.15, -0.1) is 5.10 Å². The van der Waals surface area contributed by atoms with Crippen LogP contribution in [0.1, 0.15) is 5.56 Å². The number of para-hydroxylation sites is 1. The first kappa shape index (κ1) is 16.7. The van der Waals surface area contributed by atoms with E-state index in [1.165, 1.54) is 0 Å². The second-order valence-corrected chi connectivity index (χ2v) is 6.85. The Morgan fingerprint density at radius 3 is 2.75 bits per heavy atom. The van der Waals surface area contributed by atoms with E-state index >= 15 is 0 Å². The molecule has 0 spiro atoms. The lowest BCUT2D eigenvalue weighted by atomic mass is 10.1. The van der Waals surface area contributed by atoms with Gasteiger partial charge >= 0.3 is 0 Å². The first-order valence-corrected chi connectivity index (χ1v) is 9.22. The molecule has 5 aromatic rings. The van der Waals surface area contributed by atoms with Gasteiger partial charge in [0.1, 0.15) is 18.7 Å². The van der Waals surface area contributed by atoms with Crippen molar-refractivity contribution in [3.8, 4) is 17.1 Å². The molecule has 2 heterocycles. The number of nitrogens with zero attached hydrogens (tertiary/aromatic N) is 4. The van der Waals surface area contributed by atoms with Crippen molar-refractivity contribution in [2.45, 2.75) is 6.61 Å². The fourth-order valence-electron chi connectivity index (χ4n) is 3.13. The van der Waals surface area contributed by atoms with Crippen LogP contribution in [0.15, 0.2) is 79.1 Å². The average Bonchev–Trinajstić information content (AvgIpc) is 3.18. The van der Waals surface area contributed by atoms with E-state index in [2.05, 4.69) is 10.1 Å². The quantitative estimate of drug-likeness (QED) is 0.427. The molecule has 0 saturated heterocycles. The lowest BCUT2D eigenvalue weighted by Crippen LogP contribution is -1.96. The maximum absolute atomic E-state index is 6.01. The number of hydrogen-bond donors (Lipinski definition) is 0. The molecule has 28 heavy (non-hydrogen) atoms. The van der Waals surface area contributed by atoms with Crippen LogP contribution < -0.4 is 4.74 Å². The SMILES string of the molecule is Clc1cccc(OCc2cccc(-c3nc4c5ccccc5ncn4n3)c2)c1. The maximum Gasteiger partial charge on any atom is 0.182 e. The molecular weight excluding hydrogens is 372 g/mol. The van der Waals surface area contributed by atoms with E-state index in [9.17, 15) is 0 Å². The molecule has 5 rings (SSSR count). The minimum Gasteiger partial charge on any atom is -0.489 e. The van der Waals surface area contributed by atoms with Crippen molar-refractivity contribution in [1.29, 1.82) is 0 Å². The van der Waals surface area contributed by atoms with Gasteiger partial charge in [0.2, 0.25) is 0 Å². The maximum atomic E-state index is 6.01. The molecule has 0 fully saturated rings. The first-order chi connectivity index (χ1) is 13.8. The van der Waals surface area contributed by atoms with E-state index in [1.807, 2.05) is 66.7 Å².